The van der Waals surface area contributed by atoms with Crippen LogP contribution in [0.5, 0.6) is 0 Å². The molecule has 7 rings (SSSR count). The van der Waals surface area contributed by atoms with Gasteiger partial charge in [-0.2, -0.15) is 0 Å². The summed E-state index contributed by atoms with van der Waals surface area (Å²) in [5, 5.41) is 6.41. The Morgan fingerprint density at radius 1 is 0.979 bits per heavy atom. The van der Waals surface area contributed by atoms with Gasteiger partial charge in [-0.3, -0.25) is 39.2 Å². The Kier molecular flexibility index (Phi) is 8.02. The lowest BCUT2D eigenvalue weighted by Gasteiger charge is -2.27. The molecule has 3 aromatic carbocycles. The van der Waals surface area contributed by atoms with Gasteiger partial charge in [0.25, 0.3) is 11.8 Å². The van der Waals surface area contributed by atoms with E-state index in [0.29, 0.717) is 18.0 Å². The minimum atomic E-state index is -1.03. The number of rotatable bonds is 9. The normalized spacial score (nSPS) is 16.5. The van der Waals surface area contributed by atoms with E-state index in [4.69, 9.17) is 4.42 Å². The van der Waals surface area contributed by atoms with Crippen LogP contribution in [0.25, 0.3) is 11.0 Å². The molecule has 11 nitrogen and oxygen atoms in total. The third kappa shape index (κ3) is 5.70. The number of pyridine rings is 1. The Hall–Kier alpha value is -6.10. The molecule has 1 fully saturated rings. The molecule has 48 heavy (non-hydrogen) atoms. The molecule has 0 saturated carbocycles. The van der Waals surface area contributed by atoms with E-state index >= 15 is 0 Å². The third-order valence-corrected chi connectivity index (χ3v) is 8.82. The Morgan fingerprint density at radius 2 is 1.77 bits per heavy atom. The van der Waals surface area contributed by atoms with Crippen LogP contribution >= 0.6 is 0 Å². The first-order valence-electron chi connectivity index (χ1n) is 15.6. The molecule has 0 spiro atoms. The standard InChI is InChI=1S/C37H31N5O6/c1-41(34(25-7-5-17-38-21-25)30-19-24-6-2-3-10-29(24)48-30)32(44)18-22-11-13-23(14-12-22)20-39-27-9-4-8-26-33(27)37(47)42(36(26)46)28-15-16-31(43)40-35(28)45/h2-14,17,19,21,28,34,39H,15-16,18,20H2,1H3,(H,40,43,45). The third-order valence-electron chi connectivity index (χ3n) is 8.82. The van der Waals surface area contributed by atoms with Crippen molar-refractivity contribution in [3.05, 3.63) is 131 Å². The summed E-state index contributed by atoms with van der Waals surface area (Å²) in [5.41, 5.74) is 4.17. The molecule has 1 saturated heterocycles. The van der Waals surface area contributed by atoms with Crippen LogP contribution in [0, 0.1) is 0 Å². The van der Waals surface area contributed by atoms with Gasteiger partial charge >= 0.3 is 0 Å². The summed E-state index contributed by atoms with van der Waals surface area (Å²) >= 11 is 0. The molecule has 11 heteroatoms. The first-order valence-corrected chi connectivity index (χ1v) is 15.6. The van der Waals surface area contributed by atoms with Crippen molar-refractivity contribution in [1.82, 2.24) is 20.1 Å². The lowest BCUT2D eigenvalue weighted by Crippen LogP contribution is -2.54. The molecule has 2 aliphatic rings. The molecule has 0 bridgehead atoms. The van der Waals surface area contributed by atoms with E-state index in [2.05, 4.69) is 15.6 Å². The van der Waals surface area contributed by atoms with Crippen molar-refractivity contribution in [3.8, 4) is 0 Å². The van der Waals surface area contributed by atoms with Crippen LogP contribution in [0.4, 0.5) is 5.69 Å². The monoisotopic (exact) mass is 641 g/mol. The lowest BCUT2D eigenvalue weighted by molar-refractivity contribution is -0.136. The zero-order valence-electron chi connectivity index (χ0n) is 26.0. The molecule has 2 aromatic heterocycles. The van der Waals surface area contributed by atoms with Crippen molar-refractivity contribution < 1.29 is 28.4 Å². The second-order valence-corrected chi connectivity index (χ2v) is 11.9. The topological polar surface area (TPSA) is 142 Å². The van der Waals surface area contributed by atoms with Gasteiger partial charge in [-0.25, -0.2) is 0 Å². The second-order valence-electron chi connectivity index (χ2n) is 11.9. The fraction of sp³-hybridized carbons (Fsp3) is 0.189. The number of piperidine rings is 1. The minimum Gasteiger partial charge on any atom is -0.458 e. The van der Waals surface area contributed by atoms with E-state index < -0.39 is 35.7 Å². The second kappa shape index (κ2) is 12.6. The van der Waals surface area contributed by atoms with Gasteiger partial charge < -0.3 is 14.6 Å². The zero-order chi connectivity index (χ0) is 33.4. The molecule has 240 valence electrons. The number of furan rings is 1. The van der Waals surface area contributed by atoms with Crippen LogP contribution in [0.2, 0.25) is 0 Å². The Balaban J connectivity index is 1.03. The number of hydrogen-bond acceptors (Lipinski definition) is 8. The van der Waals surface area contributed by atoms with Crippen molar-refractivity contribution in [1.29, 1.82) is 0 Å². The summed E-state index contributed by atoms with van der Waals surface area (Å²) in [5.74, 6) is -1.65. The number of nitrogens with zero attached hydrogens (tertiary/aromatic N) is 3. The van der Waals surface area contributed by atoms with Gasteiger partial charge in [0.1, 0.15) is 23.4 Å². The Bertz CT molecular complexity index is 2040. The molecule has 0 aliphatic carbocycles. The number of anilines is 1. The van der Waals surface area contributed by atoms with Crippen molar-refractivity contribution in [2.45, 2.75) is 37.9 Å². The number of carbonyl (C=O) groups is 5. The summed E-state index contributed by atoms with van der Waals surface area (Å²) in [4.78, 5) is 71.1. The molecular weight excluding hydrogens is 610 g/mol. The van der Waals surface area contributed by atoms with Crippen LogP contribution in [0.3, 0.4) is 0 Å². The maximum atomic E-state index is 13.6. The molecule has 2 atom stereocenters. The smallest absolute Gasteiger partial charge is 0.264 e. The van der Waals surface area contributed by atoms with Crippen LogP contribution in [-0.4, -0.2) is 57.4 Å². The first-order chi connectivity index (χ1) is 23.3. The largest absolute Gasteiger partial charge is 0.458 e. The Morgan fingerprint density at radius 3 is 2.52 bits per heavy atom. The van der Waals surface area contributed by atoms with Crippen molar-refractivity contribution >= 4 is 46.2 Å². The van der Waals surface area contributed by atoms with Gasteiger partial charge in [-0.05, 0) is 47.9 Å². The number of carbonyl (C=O) groups excluding carboxylic acids is 5. The van der Waals surface area contributed by atoms with Gasteiger partial charge in [-0.1, -0.05) is 54.6 Å². The highest BCUT2D eigenvalue weighted by molar-refractivity contribution is 6.25. The van der Waals surface area contributed by atoms with Crippen molar-refractivity contribution in [3.63, 3.8) is 0 Å². The predicted octanol–water partition coefficient (Wildman–Crippen LogP) is 4.63. The number of fused-ring (bicyclic) bond motifs is 2. The van der Waals surface area contributed by atoms with Crippen LogP contribution in [0.1, 0.15) is 62.1 Å². The SMILES string of the molecule is CN(C(=O)Cc1ccc(CNc2cccc3c2C(=O)N(C2CCC(=O)NC2=O)C3=O)cc1)C(c1cccnc1)c1cc2ccccc2o1. The molecule has 4 heterocycles. The maximum absolute atomic E-state index is 13.6. The van der Waals surface area contributed by atoms with Crippen LogP contribution in [-0.2, 0) is 27.3 Å². The molecule has 2 unspecified atom stereocenters. The average Bonchev–Trinajstić information content (AvgIpc) is 3.63. The zero-order valence-corrected chi connectivity index (χ0v) is 26.0. The van der Waals surface area contributed by atoms with E-state index in [1.807, 2.05) is 66.7 Å². The van der Waals surface area contributed by atoms with E-state index in [9.17, 15) is 24.0 Å². The molecule has 5 amide bonds. The number of amides is 5. The number of likely N-dealkylation sites (N-methyl/N-ethyl adjacent to an activating group) is 1. The number of hydrogen-bond donors (Lipinski definition) is 2. The molecule has 0 radical (unpaired) electrons. The number of benzene rings is 3. The van der Waals surface area contributed by atoms with Gasteiger partial charge in [0.05, 0.1) is 17.5 Å². The van der Waals surface area contributed by atoms with E-state index in [-0.39, 0.29) is 36.3 Å². The Labute approximate surface area is 275 Å². The summed E-state index contributed by atoms with van der Waals surface area (Å²) in [6, 6.07) is 24.5. The number of nitrogens with one attached hydrogen (secondary N) is 2. The quantitative estimate of drug-likeness (QED) is 0.222. The van der Waals surface area contributed by atoms with Gasteiger partial charge in [0, 0.05) is 49.0 Å². The first kappa shape index (κ1) is 30.5. The average molecular weight is 642 g/mol. The van der Waals surface area contributed by atoms with Gasteiger partial charge in [0.2, 0.25) is 17.7 Å². The molecule has 2 aliphatic heterocycles. The number of para-hydroxylation sites is 1. The van der Waals surface area contributed by atoms with Crippen molar-refractivity contribution in [2.24, 2.45) is 0 Å². The van der Waals surface area contributed by atoms with Gasteiger partial charge in [-0.15, -0.1) is 0 Å². The summed E-state index contributed by atoms with van der Waals surface area (Å²) in [6.45, 7) is 0.347. The lowest BCUT2D eigenvalue weighted by atomic mass is 10.0. The molecule has 2 N–H and O–H groups in total. The van der Waals surface area contributed by atoms with Crippen molar-refractivity contribution in [2.75, 3.05) is 12.4 Å². The molecule has 5 aromatic rings. The maximum Gasteiger partial charge on any atom is 0.264 e. The highest BCUT2D eigenvalue weighted by atomic mass is 16.3. The fourth-order valence-electron chi connectivity index (χ4n) is 6.33. The minimum absolute atomic E-state index is 0.0547. The van der Waals surface area contributed by atoms with E-state index in [1.165, 1.54) is 0 Å². The van der Waals surface area contributed by atoms with Crippen LogP contribution in [0.15, 0.2) is 102 Å². The van der Waals surface area contributed by atoms with E-state index in [1.54, 1.807) is 42.5 Å². The summed E-state index contributed by atoms with van der Waals surface area (Å²) in [6.07, 6.45) is 3.74. The number of aromatic nitrogens is 1. The predicted molar refractivity (Wildman–Crippen MR) is 176 cm³/mol. The highest BCUT2D eigenvalue weighted by Gasteiger charge is 2.45. The highest BCUT2D eigenvalue weighted by Crippen LogP contribution is 2.34. The molecular formula is C37H31N5O6. The number of imide groups is 2. The van der Waals surface area contributed by atoms with E-state index in [0.717, 1.165) is 32.6 Å². The fourth-order valence-corrected chi connectivity index (χ4v) is 6.33. The summed E-state index contributed by atoms with van der Waals surface area (Å²) < 4.78 is 6.17. The van der Waals surface area contributed by atoms with Gasteiger partial charge in [0.15, 0.2) is 0 Å². The van der Waals surface area contributed by atoms with Crippen LogP contribution < -0.4 is 10.6 Å². The summed E-state index contributed by atoms with van der Waals surface area (Å²) in [7, 11) is 1.76.